The summed E-state index contributed by atoms with van der Waals surface area (Å²) >= 11 is 14.2. The van der Waals surface area contributed by atoms with Crippen LogP contribution >= 0.6 is 34.5 Å². The van der Waals surface area contributed by atoms with Gasteiger partial charge < -0.3 is 34.3 Å². The van der Waals surface area contributed by atoms with Gasteiger partial charge in [-0.3, -0.25) is 10.0 Å². The van der Waals surface area contributed by atoms with Crippen LogP contribution in [0.25, 0.3) is 0 Å². The van der Waals surface area contributed by atoms with Gasteiger partial charge >= 0.3 is 5.97 Å². The number of hydrogen-bond donors (Lipinski definition) is 2. The average molecular weight is 755 g/mol. The second-order valence-electron chi connectivity index (χ2n) is 13.3. The number of ether oxygens (including phenoxy) is 3. The van der Waals surface area contributed by atoms with Gasteiger partial charge in [-0.2, -0.15) is 0 Å². The molecule has 1 aliphatic carbocycles. The van der Waals surface area contributed by atoms with Crippen molar-refractivity contribution in [3.8, 4) is 11.5 Å². The molecule has 1 aliphatic heterocycles. The lowest BCUT2D eigenvalue weighted by molar-refractivity contribution is -0.904. The van der Waals surface area contributed by atoms with Crippen LogP contribution in [0.1, 0.15) is 68.4 Å². The Morgan fingerprint density at radius 2 is 1.71 bits per heavy atom. The Kier molecular flexibility index (Phi) is 11.4. The number of esters is 1. The van der Waals surface area contributed by atoms with Gasteiger partial charge in [-0.15, -0.1) is 11.3 Å². The average Bonchev–Trinajstić information content (AvgIpc) is 3.53. The van der Waals surface area contributed by atoms with Gasteiger partial charge in [0.15, 0.2) is 11.5 Å². The van der Waals surface area contributed by atoms with Gasteiger partial charge in [0.25, 0.3) is 0 Å². The molecule has 1 atom stereocenters. The fourth-order valence-electron chi connectivity index (χ4n) is 7.19. The van der Waals surface area contributed by atoms with E-state index in [2.05, 4.69) is 17.3 Å². The Hall–Kier alpha value is -3.87. The highest BCUT2D eigenvalue weighted by Crippen LogP contribution is 2.46. The number of halogens is 2. The summed E-state index contributed by atoms with van der Waals surface area (Å²) in [7, 11) is 5.15. The summed E-state index contributed by atoms with van der Waals surface area (Å²) in [5.74, 6) is -1.01. The zero-order valence-electron chi connectivity index (χ0n) is 28.7. The van der Waals surface area contributed by atoms with E-state index in [1.54, 1.807) is 19.2 Å². The van der Waals surface area contributed by atoms with Crippen LogP contribution in [-0.2, 0) is 27.9 Å². The Labute approximate surface area is 311 Å². The van der Waals surface area contributed by atoms with Gasteiger partial charge in [-0.1, -0.05) is 59.6 Å². The molecule has 3 heterocycles. The Morgan fingerprint density at radius 3 is 2.33 bits per heavy atom. The minimum atomic E-state index is -1.30. The van der Waals surface area contributed by atoms with Crippen LogP contribution in [0.4, 0.5) is 0 Å². The smallest absolute Gasteiger partial charge is 0.316 e. The molecule has 2 N–H and O–H groups in total. The van der Waals surface area contributed by atoms with Crippen molar-refractivity contribution in [1.82, 2.24) is 10.2 Å². The van der Waals surface area contributed by atoms with E-state index in [1.165, 1.54) is 19.5 Å². The molecule has 6 rings (SSSR count). The zero-order chi connectivity index (χ0) is 36.3. The fraction of sp³-hybridized carbons (Fsp3) is 0.395. The molecule has 1 saturated carbocycles. The number of pyridine rings is 1. The Bertz CT molecular complexity index is 1850. The molecule has 270 valence electrons. The van der Waals surface area contributed by atoms with E-state index in [1.807, 2.05) is 42.5 Å². The molecule has 2 aromatic heterocycles. The maximum atomic E-state index is 13.8. The molecule has 2 aromatic carbocycles. The van der Waals surface area contributed by atoms with Crippen LogP contribution in [0.2, 0.25) is 10.0 Å². The summed E-state index contributed by atoms with van der Waals surface area (Å²) in [6.45, 7) is 2.19. The van der Waals surface area contributed by atoms with Crippen molar-refractivity contribution in [3.05, 3.63) is 109 Å². The van der Waals surface area contributed by atoms with Gasteiger partial charge in [0.1, 0.15) is 16.1 Å². The van der Waals surface area contributed by atoms with Crippen LogP contribution in [-0.4, -0.2) is 68.5 Å². The molecule has 0 unspecified atom stereocenters. The number of benzene rings is 2. The zero-order valence-corrected chi connectivity index (χ0v) is 31.0. The summed E-state index contributed by atoms with van der Waals surface area (Å²) in [5.41, 5.74) is 2.03. The number of aromatic nitrogens is 1. The van der Waals surface area contributed by atoms with E-state index in [9.17, 15) is 19.9 Å². The van der Waals surface area contributed by atoms with Gasteiger partial charge in [-0.25, -0.2) is 0 Å². The standard InChI is InChI=1S/C38H41Cl2N3O7S/c1-42-13-11-26(12-14-42)50-37(46)38(24-7-5-4-6-8-24)18-25(19-38)41-20-27-16-29(35(51-27)36(44)45)28(17-30-31(39)21-43(47)22-32(30)40)23-9-10-33(48-2)34(15-23)49-3/h4-10,15-16,21-22,25-26,28,41H,11-14,17-20H2,1-3H3,(H-,44,45,47)/t25?,28-,38?/m0/s1. The van der Waals surface area contributed by atoms with Crippen molar-refractivity contribution >= 4 is 46.5 Å². The number of methoxy groups -OCH3 is 2. The van der Waals surface area contributed by atoms with E-state index in [4.69, 9.17) is 37.4 Å². The number of likely N-dealkylation sites (tertiary alicyclic amines) is 1. The number of aromatic carboxylic acids is 1. The summed E-state index contributed by atoms with van der Waals surface area (Å²) in [6, 6.07) is 17.1. The Morgan fingerprint density at radius 1 is 1.04 bits per heavy atom. The fourth-order valence-corrected chi connectivity index (χ4v) is 8.81. The number of nitrogens with one attached hydrogen (secondary N) is 1. The van der Waals surface area contributed by atoms with E-state index >= 15 is 0 Å². The number of carboxylic acids is 1. The highest BCUT2D eigenvalue weighted by Gasteiger charge is 2.53. The van der Waals surface area contributed by atoms with Crippen LogP contribution < -0.4 is 24.6 Å². The number of thiophene rings is 1. The van der Waals surface area contributed by atoms with Crippen molar-refractivity contribution in [1.29, 1.82) is 0 Å². The lowest BCUT2D eigenvalue weighted by atomic mass is 9.61. The third-order valence-electron chi connectivity index (χ3n) is 10.1. The quantitative estimate of drug-likeness (QED) is 0.108. The molecule has 2 fully saturated rings. The van der Waals surface area contributed by atoms with E-state index in [-0.39, 0.29) is 39.5 Å². The molecule has 1 saturated heterocycles. The lowest BCUT2D eigenvalue weighted by Crippen LogP contribution is -2.57. The first kappa shape index (κ1) is 36.9. The third kappa shape index (κ3) is 7.98. The maximum Gasteiger partial charge on any atom is 0.316 e. The number of rotatable bonds is 13. The van der Waals surface area contributed by atoms with Crippen LogP contribution in [0.15, 0.2) is 67.0 Å². The largest absolute Gasteiger partial charge is 0.544 e. The van der Waals surface area contributed by atoms with Gasteiger partial charge in [0.05, 0.1) is 30.5 Å². The van der Waals surface area contributed by atoms with Crippen LogP contribution in [0.3, 0.4) is 0 Å². The molecule has 0 bridgehead atoms. The minimum Gasteiger partial charge on any atom is -0.544 e. The monoisotopic (exact) mass is 753 g/mol. The molecule has 2 aliphatic rings. The predicted octanol–water partition coefficient (Wildman–Crippen LogP) is 5.16. The van der Waals surface area contributed by atoms with Crippen molar-refractivity contribution < 1.29 is 38.8 Å². The van der Waals surface area contributed by atoms with Crippen molar-refractivity contribution in [3.63, 3.8) is 0 Å². The summed E-state index contributed by atoms with van der Waals surface area (Å²) < 4.78 is 17.9. The molecule has 13 heteroatoms. The second kappa shape index (κ2) is 15.8. The van der Waals surface area contributed by atoms with Gasteiger partial charge in [0.2, 0.25) is 12.4 Å². The summed E-state index contributed by atoms with van der Waals surface area (Å²) in [5, 5.41) is 26.6. The van der Waals surface area contributed by atoms with Crippen LogP contribution in [0, 0.1) is 0 Å². The van der Waals surface area contributed by atoms with Gasteiger partial charge in [-0.05, 0) is 74.0 Å². The van der Waals surface area contributed by atoms with E-state index in [0.717, 1.165) is 58.0 Å². The second-order valence-corrected chi connectivity index (χ2v) is 15.3. The van der Waals surface area contributed by atoms with Crippen LogP contribution in [0.5, 0.6) is 11.5 Å². The summed E-state index contributed by atoms with van der Waals surface area (Å²) in [4.78, 5) is 29.5. The summed E-state index contributed by atoms with van der Waals surface area (Å²) in [6.07, 6.45) is 5.58. The number of hydrogen-bond acceptors (Lipinski definition) is 10. The molecule has 0 amide bonds. The molecule has 0 radical (unpaired) electrons. The van der Waals surface area contributed by atoms with E-state index in [0.29, 0.717) is 42.0 Å². The predicted molar refractivity (Wildman–Crippen MR) is 192 cm³/mol. The number of carbonyl (C=O) groups is 2. The van der Waals surface area contributed by atoms with Gasteiger partial charge in [0, 0.05) is 46.8 Å². The molecule has 0 spiro atoms. The first-order valence-corrected chi connectivity index (χ1v) is 18.4. The Balaban J connectivity index is 1.25. The topological polar surface area (TPSA) is 124 Å². The van der Waals surface area contributed by atoms with E-state index < -0.39 is 17.3 Å². The maximum absolute atomic E-state index is 13.8. The first-order chi connectivity index (χ1) is 24.5. The van der Waals surface area contributed by atoms with Crippen molar-refractivity contribution in [2.24, 2.45) is 0 Å². The molecular weight excluding hydrogens is 713 g/mol. The first-order valence-electron chi connectivity index (χ1n) is 16.8. The normalized spacial score (nSPS) is 20.0. The highest BCUT2D eigenvalue weighted by molar-refractivity contribution is 7.14. The van der Waals surface area contributed by atoms with Crippen molar-refractivity contribution in [2.75, 3.05) is 34.4 Å². The number of carbonyl (C=O) groups excluding carboxylic acids is 2. The molecule has 51 heavy (non-hydrogen) atoms. The third-order valence-corrected chi connectivity index (χ3v) is 11.9. The molecular formula is C38H41Cl2N3O7S. The highest BCUT2D eigenvalue weighted by atomic mass is 35.5. The number of carboxylic acid groups (broad SMARTS) is 1. The molecule has 4 aromatic rings. The lowest BCUT2D eigenvalue weighted by Gasteiger charge is -2.47. The number of piperidine rings is 1. The van der Waals surface area contributed by atoms with Crippen molar-refractivity contribution in [2.45, 2.75) is 62.1 Å². The SMILES string of the molecule is COc1ccc([C@H](Cc2c(Cl)c[n+](O)cc2Cl)c2cc(CNC3CC(C(=O)OC4CCN(C)CC4)(c4ccccc4)C3)sc2C(=O)[O-])cc1OC. The number of nitrogens with zero attached hydrogens (tertiary/aromatic N) is 2. The minimum absolute atomic E-state index is 0.0148. The molecule has 10 nitrogen and oxygen atoms in total.